The van der Waals surface area contributed by atoms with Crippen molar-refractivity contribution < 1.29 is 5.11 Å². The summed E-state index contributed by atoms with van der Waals surface area (Å²) in [6, 6.07) is 0. The van der Waals surface area contributed by atoms with Gasteiger partial charge in [0, 0.05) is 6.61 Å². The van der Waals surface area contributed by atoms with Gasteiger partial charge in [-0.1, -0.05) is 6.42 Å². The SMILES string of the molecule is OC[C@@H]1C[C@H]2C[C@H]1[C@H]1CCC[C@H]21. The van der Waals surface area contributed by atoms with Crippen molar-refractivity contribution >= 4 is 0 Å². The molecular formula is C11H18O. The molecule has 0 aromatic heterocycles. The molecule has 2 bridgehead atoms. The van der Waals surface area contributed by atoms with Gasteiger partial charge in [-0.05, 0) is 55.3 Å². The van der Waals surface area contributed by atoms with Crippen molar-refractivity contribution in [1.82, 2.24) is 0 Å². The molecule has 0 radical (unpaired) electrons. The Labute approximate surface area is 74.2 Å². The molecule has 0 aromatic rings. The van der Waals surface area contributed by atoms with Gasteiger partial charge in [0.05, 0.1) is 0 Å². The monoisotopic (exact) mass is 166 g/mol. The average molecular weight is 166 g/mol. The Bertz CT molecular complexity index is 187. The van der Waals surface area contributed by atoms with E-state index >= 15 is 0 Å². The predicted octanol–water partition coefficient (Wildman–Crippen LogP) is 2.05. The van der Waals surface area contributed by atoms with E-state index in [4.69, 9.17) is 0 Å². The van der Waals surface area contributed by atoms with Gasteiger partial charge >= 0.3 is 0 Å². The maximum absolute atomic E-state index is 9.21. The molecule has 0 spiro atoms. The molecule has 3 aliphatic rings. The van der Waals surface area contributed by atoms with Crippen LogP contribution in [0.4, 0.5) is 0 Å². The van der Waals surface area contributed by atoms with Crippen LogP contribution in [0.5, 0.6) is 0 Å². The topological polar surface area (TPSA) is 20.2 Å². The zero-order chi connectivity index (χ0) is 8.13. The molecular weight excluding hydrogens is 148 g/mol. The smallest absolute Gasteiger partial charge is 0.0462 e. The third-order valence-electron chi connectivity index (χ3n) is 4.80. The first-order valence-electron chi connectivity index (χ1n) is 5.51. The number of rotatable bonds is 1. The summed E-state index contributed by atoms with van der Waals surface area (Å²) in [6.45, 7) is 0.463. The van der Waals surface area contributed by atoms with Crippen LogP contribution in [0.15, 0.2) is 0 Å². The highest BCUT2D eigenvalue weighted by atomic mass is 16.3. The molecule has 3 aliphatic carbocycles. The van der Waals surface area contributed by atoms with E-state index in [1.165, 1.54) is 32.1 Å². The van der Waals surface area contributed by atoms with Crippen LogP contribution in [0, 0.1) is 29.6 Å². The first-order chi connectivity index (χ1) is 5.90. The Hall–Kier alpha value is -0.0400. The van der Waals surface area contributed by atoms with Gasteiger partial charge in [-0.25, -0.2) is 0 Å². The minimum absolute atomic E-state index is 0.463. The highest BCUT2D eigenvalue weighted by Crippen LogP contribution is 2.60. The molecule has 0 aliphatic heterocycles. The lowest BCUT2D eigenvalue weighted by molar-refractivity contribution is 0.121. The number of aliphatic hydroxyl groups is 1. The van der Waals surface area contributed by atoms with Crippen LogP contribution >= 0.6 is 0 Å². The zero-order valence-electron chi connectivity index (χ0n) is 7.58. The fourth-order valence-electron chi connectivity index (χ4n) is 4.42. The van der Waals surface area contributed by atoms with Gasteiger partial charge < -0.3 is 5.11 Å². The summed E-state index contributed by atoms with van der Waals surface area (Å²) in [4.78, 5) is 0. The Kier molecular flexibility index (Phi) is 1.52. The van der Waals surface area contributed by atoms with Crippen LogP contribution in [0.3, 0.4) is 0 Å². The van der Waals surface area contributed by atoms with Crippen LogP contribution in [0.25, 0.3) is 0 Å². The normalized spacial score (nSPS) is 56.2. The van der Waals surface area contributed by atoms with E-state index in [9.17, 15) is 5.11 Å². The van der Waals surface area contributed by atoms with Crippen LogP contribution in [-0.2, 0) is 0 Å². The van der Waals surface area contributed by atoms with Crippen molar-refractivity contribution in [3.05, 3.63) is 0 Å². The molecule has 5 atom stereocenters. The average Bonchev–Trinajstić information content (AvgIpc) is 2.75. The molecule has 12 heavy (non-hydrogen) atoms. The number of hydrogen-bond acceptors (Lipinski definition) is 1. The van der Waals surface area contributed by atoms with E-state index in [-0.39, 0.29) is 0 Å². The summed E-state index contributed by atoms with van der Waals surface area (Å²) in [6.07, 6.45) is 7.26. The van der Waals surface area contributed by atoms with Crippen molar-refractivity contribution in [1.29, 1.82) is 0 Å². The Morgan fingerprint density at radius 1 is 1.00 bits per heavy atom. The lowest BCUT2D eigenvalue weighted by Gasteiger charge is -2.30. The quantitative estimate of drug-likeness (QED) is 0.632. The molecule has 0 heterocycles. The maximum atomic E-state index is 9.21. The molecule has 3 fully saturated rings. The van der Waals surface area contributed by atoms with Gasteiger partial charge in [0.2, 0.25) is 0 Å². The minimum atomic E-state index is 0.463. The molecule has 0 unspecified atom stereocenters. The molecule has 3 rings (SSSR count). The summed E-state index contributed by atoms with van der Waals surface area (Å²) >= 11 is 0. The highest BCUT2D eigenvalue weighted by Gasteiger charge is 2.53. The third kappa shape index (κ3) is 0.783. The molecule has 68 valence electrons. The van der Waals surface area contributed by atoms with Gasteiger partial charge in [-0.2, -0.15) is 0 Å². The van der Waals surface area contributed by atoms with Gasteiger partial charge in [-0.15, -0.1) is 0 Å². The van der Waals surface area contributed by atoms with E-state index < -0.39 is 0 Å². The summed E-state index contributed by atoms with van der Waals surface area (Å²) in [5.41, 5.74) is 0. The molecule has 1 nitrogen and oxygen atoms in total. The third-order valence-corrected chi connectivity index (χ3v) is 4.80. The fraction of sp³-hybridized carbons (Fsp3) is 1.00. The zero-order valence-corrected chi connectivity index (χ0v) is 7.58. The summed E-state index contributed by atoms with van der Waals surface area (Å²) in [5, 5.41) is 9.21. The maximum Gasteiger partial charge on any atom is 0.0462 e. The molecule has 0 aromatic carbocycles. The molecule has 0 saturated heterocycles. The molecule has 0 amide bonds. The van der Waals surface area contributed by atoms with Crippen molar-refractivity contribution in [3.63, 3.8) is 0 Å². The second-order valence-corrected chi connectivity index (χ2v) is 5.10. The molecule has 1 heteroatoms. The van der Waals surface area contributed by atoms with Crippen LogP contribution in [0.2, 0.25) is 0 Å². The van der Waals surface area contributed by atoms with E-state index in [1.807, 2.05) is 0 Å². The minimum Gasteiger partial charge on any atom is -0.396 e. The largest absolute Gasteiger partial charge is 0.396 e. The molecule has 1 N–H and O–H groups in total. The van der Waals surface area contributed by atoms with Crippen molar-refractivity contribution in [2.24, 2.45) is 29.6 Å². The van der Waals surface area contributed by atoms with Crippen molar-refractivity contribution in [2.45, 2.75) is 32.1 Å². The van der Waals surface area contributed by atoms with Crippen LogP contribution < -0.4 is 0 Å². The van der Waals surface area contributed by atoms with Crippen molar-refractivity contribution in [3.8, 4) is 0 Å². The summed E-state index contributed by atoms with van der Waals surface area (Å²) in [5.74, 6) is 4.74. The van der Waals surface area contributed by atoms with Crippen LogP contribution in [0.1, 0.15) is 32.1 Å². The Balaban J connectivity index is 1.83. The van der Waals surface area contributed by atoms with Gasteiger partial charge in [0.15, 0.2) is 0 Å². The summed E-state index contributed by atoms with van der Waals surface area (Å²) in [7, 11) is 0. The Morgan fingerprint density at radius 3 is 2.67 bits per heavy atom. The first-order valence-corrected chi connectivity index (χ1v) is 5.51. The van der Waals surface area contributed by atoms with E-state index in [1.54, 1.807) is 0 Å². The van der Waals surface area contributed by atoms with Gasteiger partial charge in [-0.3, -0.25) is 0 Å². The van der Waals surface area contributed by atoms with E-state index in [0.29, 0.717) is 12.5 Å². The second kappa shape index (κ2) is 2.47. The number of fused-ring (bicyclic) bond motifs is 5. The molecule has 3 saturated carbocycles. The standard InChI is InChI=1S/C11H18O/c12-6-8-4-7-5-11(8)10-3-1-2-9(7)10/h7-12H,1-6H2/t7-,8-,9+,10-,11+/m0/s1. The highest BCUT2D eigenvalue weighted by molar-refractivity contribution is 5.02. The lowest BCUT2D eigenvalue weighted by atomic mass is 9.76. The van der Waals surface area contributed by atoms with Gasteiger partial charge in [0.25, 0.3) is 0 Å². The van der Waals surface area contributed by atoms with Crippen molar-refractivity contribution in [2.75, 3.05) is 6.61 Å². The summed E-state index contributed by atoms with van der Waals surface area (Å²) < 4.78 is 0. The number of hydrogen-bond donors (Lipinski definition) is 1. The predicted molar refractivity (Wildman–Crippen MR) is 47.6 cm³/mol. The number of aliphatic hydroxyl groups excluding tert-OH is 1. The Morgan fingerprint density at radius 2 is 1.83 bits per heavy atom. The fourth-order valence-corrected chi connectivity index (χ4v) is 4.42. The van der Waals surface area contributed by atoms with E-state index in [2.05, 4.69) is 0 Å². The second-order valence-electron chi connectivity index (χ2n) is 5.10. The van der Waals surface area contributed by atoms with Crippen LogP contribution in [-0.4, -0.2) is 11.7 Å². The van der Waals surface area contributed by atoms with E-state index in [0.717, 1.165) is 23.7 Å². The van der Waals surface area contributed by atoms with Gasteiger partial charge in [0.1, 0.15) is 0 Å². The first kappa shape index (κ1) is 7.37. The lowest BCUT2D eigenvalue weighted by Crippen LogP contribution is -2.26.